The van der Waals surface area contributed by atoms with Gasteiger partial charge in [0.1, 0.15) is 0 Å². The van der Waals surface area contributed by atoms with Crippen molar-refractivity contribution in [3.05, 3.63) is 23.8 Å². The normalized spacial score (nSPS) is 16.9. The molecule has 1 heterocycles. The van der Waals surface area contributed by atoms with Gasteiger partial charge in [0.15, 0.2) is 17.4 Å². The summed E-state index contributed by atoms with van der Waals surface area (Å²) in [5.41, 5.74) is -0.389. The molecule has 2 rings (SSSR count). The van der Waals surface area contributed by atoms with E-state index in [9.17, 15) is 18.4 Å². The molecule has 0 N–H and O–H groups in total. The minimum absolute atomic E-state index is 0.161. The summed E-state index contributed by atoms with van der Waals surface area (Å²) in [5.74, 6) is -4.29. The predicted molar refractivity (Wildman–Crippen MR) is 68.0 cm³/mol. The molecule has 1 saturated heterocycles. The van der Waals surface area contributed by atoms with E-state index in [0.29, 0.717) is 0 Å². The zero-order valence-corrected chi connectivity index (χ0v) is 11.4. The number of methoxy groups -OCH3 is 1. The lowest BCUT2D eigenvalue weighted by atomic mass is 9.78. The van der Waals surface area contributed by atoms with Crippen molar-refractivity contribution in [3.63, 3.8) is 0 Å². The van der Waals surface area contributed by atoms with Crippen LogP contribution in [0.5, 0.6) is 5.75 Å². The molecule has 0 radical (unpaired) electrons. The van der Waals surface area contributed by atoms with Gasteiger partial charge in [0.05, 0.1) is 25.7 Å². The standard InChI is InChI=1S/C12H12BF2NO5/c1-16-5-9(17)20-13(21-10(18)6-16)7-3-4-8(19-2)12(15)11(7)14/h3-4H,5-6H2,1-2H3. The van der Waals surface area contributed by atoms with Gasteiger partial charge >= 0.3 is 19.1 Å². The first-order chi connectivity index (χ1) is 9.92. The van der Waals surface area contributed by atoms with Crippen LogP contribution < -0.4 is 10.2 Å². The molecule has 0 spiro atoms. The first-order valence-electron chi connectivity index (χ1n) is 6.01. The fourth-order valence-electron chi connectivity index (χ4n) is 1.85. The smallest absolute Gasteiger partial charge is 0.494 e. The van der Waals surface area contributed by atoms with E-state index in [2.05, 4.69) is 4.74 Å². The first kappa shape index (κ1) is 15.2. The second-order valence-electron chi connectivity index (χ2n) is 4.47. The van der Waals surface area contributed by atoms with Crippen LogP contribution in [0, 0.1) is 11.6 Å². The number of carbonyl (C=O) groups is 2. The van der Waals surface area contributed by atoms with Crippen molar-refractivity contribution >= 4 is 24.5 Å². The van der Waals surface area contributed by atoms with Gasteiger partial charge in [0, 0.05) is 0 Å². The maximum Gasteiger partial charge on any atom is 0.639 e. The van der Waals surface area contributed by atoms with Gasteiger partial charge in [0.2, 0.25) is 0 Å². The summed E-state index contributed by atoms with van der Waals surface area (Å²) < 4.78 is 42.0. The van der Waals surface area contributed by atoms with Crippen LogP contribution in [0.15, 0.2) is 12.1 Å². The van der Waals surface area contributed by atoms with E-state index in [4.69, 9.17) is 9.31 Å². The molecule has 1 aromatic carbocycles. The van der Waals surface area contributed by atoms with Crippen LogP contribution in [0.1, 0.15) is 0 Å². The van der Waals surface area contributed by atoms with Gasteiger partial charge < -0.3 is 14.0 Å². The second kappa shape index (κ2) is 6.09. The predicted octanol–water partition coefficient (Wildman–Crippen LogP) is -0.300. The molecule has 0 unspecified atom stereocenters. The van der Waals surface area contributed by atoms with Gasteiger partial charge in [0.25, 0.3) is 0 Å². The highest BCUT2D eigenvalue weighted by Crippen LogP contribution is 2.18. The fourth-order valence-corrected chi connectivity index (χ4v) is 1.85. The van der Waals surface area contributed by atoms with Crippen LogP contribution in [0.25, 0.3) is 0 Å². The van der Waals surface area contributed by atoms with Crippen molar-refractivity contribution < 1.29 is 32.4 Å². The van der Waals surface area contributed by atoms with Crippen molar-refractivity contribution in [2.24, 2.45) is 0 Å². The third kappa shape index (κ3) is 3.30. The molecule has 1 aliphatic rings. The Morgan fingerprint density at radius 3 is 2.24 bits per heavy atom. The van der Waals surface area contributed by atoms with E-state index in [1.807, 2.05) is 0 Å². The fraction of sp³-hybridized carbons (Fsp3) is 0.333. The number of hydrogen-bond donors (Lipinski definition) is 0. The average molecular weight is 299 g/mol. The summed E-state index contributed by atoms with van der Waals surface area (Å²) >= 11 is 0. The van der Waals surface area contributed by atoms with Crippen LogP contribution in [-0.4, -0.2) is 51.2 Å². The topological polar surface area (TPSA) is 65.1 Å². The maximum absolute atomic E-state index is 14.0. The van der Waals surface area contributed by atoms with Crippen molar-refractivity contribution in [3.8, 4) is 5.75 Å². The second-order valence-corrected chi connectivity index (χ2v) is 4.47. The quantitative estimate of drug-likeness (QED) is 0.699. The molecule has 112 valence electrons. The Labute approximate surface area is 119 Å². The van der Waals surface area contributed by atoms with Crippen molar-refractivity contribution in [1.29, 1.82) is 0 Å². The average Bonchev–Trinajstić information content (AvgIpc) is 2.39. The van der Waals surface area contributed by atoms with Crippen molar-refractivity contribution in [2.75, 3.05) is 27.2 Å². The highest BCUT2D eigenvalue weighted by Gasteiger charge is 2.37. The van der Waals surface area contributed by atoms with Crippen LogP contribution in [-0.2, 0) is 18.9 Å². The van der Waals surface area contributed by atoms with E-state index in [1.165, 1.54) is 19.1 Å². The van der Waals surface area contributed by atoms with Gasteiger partial charge in [-0.25, -0.2) is 4.39 Å². The Hall–Kier alpha value is -2.16. The molecule has 21 heavy (non-hydrogen) atoms. The number of ether oxygens (including phenoxy) is 1. The van der Waals surface area contributed by atoms with Gasteiger partial charge in [-0.2, -0.15) is 4.39 Å². The Morgan fingerprint density at radius 1 is 1.14 bits per heavy atom. The lowest BCUT2D eigenvalue weighted by molar-refractivity contribution is -0.145. The highest BCUT2D eigenvalue weighted by molar-refractivity contribution is 6.64. The lowest BCUT2D eigenvalue weighted by Gasteiger charge is -2.22. The van der Waals surface area contributed by atoms with Gasteiger partial charge in [-0.3, -0.25) is 14.5 Å². The number of nitrogens with zero attached hydrogens (tertiary/aromatic N) is 1. The van der Waals surface area contributed by atoms with E-state index in [-0.39, 0.29) is 24.3 Å². The largest absolute Gasteiger partial charge is 0.639 e. The molecule has 6 nitrogen and oxygen atoms in total. The van der Waals surface area contributed by atoms with Gasteiger partial charge in [-0.1, -0.05) is 6.07 Å². The molecule has 0 aromatic heterocycles. The summed E-state index contributed by atoms with van der Waals surface area (Å²) in [6.45, 7) is -0.322. The third-order valence-electron chi connectivity index (χ3n) is 2.83. The monoisotopic (exact) mass is 299 g/mol. The summed E-state index contributed by atoms with van der Waals surface area (Å²) in [6.07, 6.45) is 0. The first-order valence-corrected chi connectivity index (χ1v) is 6.01. The number of carbonyl (C=O) groups excluding carboxylic acids is 2. The van der Waals surface area contributed by atoms with Crippen LogP contribution in [0.3, 0.4) is 0 Å². The highest BCUT2D eigenvalue weighted by atomic mass is 19.2. The van der Waals surface area contributed by atoms with Crippen molar-refractivity contribution in [2.45, 2.75) is 0 Å². The summed E-state index contributed by atoms with van der Waals surface area (Å²) in [5, 5.41) is 0. The number of likely N-dealkylation sites (N-methyl/N-ethyl adjacent to an activating group) is 1. The number of hydrogen-bond acceptors (Lipinski definition) is 6. The van der Waals surface area contributed by atoms with E-state index < -0.39 is 30.7 Å². The van der Waals surface area contributed by atoms with E-state index >= 15 is 0 Å². The number of rotatable bonds is 2. The van der Waals surface area contributed by atoms with E-state index in [1.54, 1.807) is 0 Å². The zero-order chi connectivity index (χ0) is 15.6. The molecular formula is C12H12BF2NO5. The Bertz CT molecular complexity index is 563. The third-order valence-corrected chi connectivity index (χ3v) is 2.83. The maximum atomic E-state index is 14.0. The minimum Gasteiger partial charge on any atom is -0.494 e. The number of halogens is 2. The van der Waals surface area contributed by atoms with Crippen LogP contribution in [0.4, 0.5) is 8.78 Å². The van der Waals surface area contributed by atoms with Crippen LogP contribution >= 0.6 is 0 Å². The van der Waals surface area contributed by atoms with Gasteiger partial charge in [-0.15, -0.1) is 0 Å². The molecule has 1 fully saturated rings. The molecular weight excluding hydrogens is 287 g/mol. The molecule has 9 heteroatoms. The van der Waals surface area contributed by atoms with Crippen LogP contribution in [0.2, 0.25) is 0 Å². The number of benzene rings is 1. The van der Waals surface area contributed by atoms with Crippen molar-refractivity contribution in [1.82, 2.24) is 4.90 Å². The molecule has 0 bridgehead atoms. The Balaban J connectivity index is 2.33. The lowest BCUT2D eigenvalue weighted by Crippen LogP contribution is -2.49. The Kier molecular flexibility index (Phi) is 4.42. The Morgan fingerprint density at radius 2 is 1.71 bits per heavy atom. The SMILES string of the molecule is COc1ccc(B2OC(=O)CN(C)CC(=O)O2)c(F)c1F. The van der Waals surface area contributed by atoms with E-state index in [0.717, 1.165) is 12.1 Å². The summed E-state index contributed by atoms with van der Waals surface area (Å²) in [6, 6.07) is 2.29. The summed E-state index contributed by atoms with van der Waals surface area (Å²) in [4.78, 5) is 24.5. The molecule has 0 aliphatic carbocycles. The molecule has 0 saturated carbocycles. The minimum atomic E-state index is -1.63. The molecule has 1 aromatic rings. The zero-order valence-electron chi connectivity index (χ0n) is 11.4. The molecule has 1 aliphatic heterocycles. The van der Waals surface area contributed by atoms with Gasteiger partial charge in [-0.05, 0) is 13.1 Å². The summed E-state index contributed by atoms with van der Waals surface area (Å²) in [7, 11) is 1.08. The molecule has 0 amide bonds. The molecule has 0 atom stereocenters.